The molecule has 0 atom stereocenters. The van der Waals surface area contributed by atoms with Crippen LogP contribution in [0.3, 0.4) is 0 Å². The molecule has 4 rings (SSSR count). The Balaban J connectivity index is 1.51. The van der Waals surface area contributed by atoms with Crippen molar-refractivity contribution < 1.29 is 19.1 Å². The number of benzene rings is 3. The van der Waals surface area contributed by atoms with Crippen LogP contribution in [-0.4, -0.2) is 30.2 Å². The largest absolute Gasteiger partial charge is 0.490 e. The Hall–Kier alpha value is -3.27. The van der Waals surface area contributed by atoms with Crippen LogP contribution >= 0.6 is 39.3 Å². The maximum absolute atomic E-state index is 12.6. The van der Waals surface area contributed by atoms with E-state index in [1.165, 1.54) is 11.8 Å². The third-order valence-electron chi connectivity index (χ3n) is 5.15. The smallest absolute Gasteiger partial charge is 0.264 e. The molecule has 3 aromatic carbocycles. The number of para-hydroxylation sites is 1. The fraction of sp³-hybridized carbons (Fsp3) is 0.148. The fourth-order valence-corrected chi connectivity index (χ4v) is 4.97. The van der Waals surface area contributed by atoms with Gasteiger partial charge in [0.15, 0.2) is 23.3 Å². The molecule has 1 fully saturated rings. The van der Waals surface area contributed by atoms with E-state index in [4.69, 9.17) is 21.1 Å². The molecule has 0 spiro atoms. The Bertz CT molecular complexity index is 1400. The number of hydrogen-bond acceptors (Lipinski definition) is 6. The summed E-state index contributed by atoms with van der Waals surface area (Å²) in [6.45, 7) is 3.92. The average molecular weight is 601 g/mol. The van der Waals surface area contributed by atoms with E-state index >= 15 is 0 Å². The van der Waals surface area contributed by atoms with Crippen molar-refractivity contribution in [2.45, 2.75) is 13.8 Å². The van der Waals surface area contributed by atoms with Gasteiger partial charge in [0.25, 0.3) is 11.8 Å². The van der Waals surface area contributed by atoms with E-state index in [0.717, 1.165) is 5.56 Å². The number of carbonyl (C=O) groups is 2. The van der Waals surface area contributed by atoms with Crippen LogP contribution in [0.2, 0.25) is 5.02 Å². The van der Waals surface area contributed by atoms with Gasteiger partial charge in [0.05, 0.1) is 21.7 Å². The first-order valence-electron chi connectivity index (χ1n) is 11.3. The maximum atomic E-state index is 12.6. The second-order valence-corrected chi connectivity index (χ2v) is 10.1. The van der Waals surface area contributed by atoms with Gasteiger partial charge >= 0.3 is 0 Å². The summed E-state index contributed by atoms with van der Waals surface area (Å²) in [4.78, 5) is 30.0. The van der Waals surface area contributed by atoms with Gasteiger partial charge in [-0.1, -0.05) is 35.9 Å². The molecule has 190 valence electrons. The van der Waals surface area contributed by atoms with Gasteiger partial charge in [-0.2, -0.15) is 0 Å². The molecule has 0 saturated carbocycles. The molecule has 3 aromatic rings. The summed E-state index contributed by atoms with van der Waals surface area (Å²) in [7, 11) is 0. The fourth-order valence-electron chi connectivity index (χ4n) is 3.39. The molecule has 7 nitrogen and oxygen atoms in total. The number of aliphatic imine (C=N–C) groups is 1. The molecule has 1 aliphatic heterocycles. The van der Waals surface area contributed by atoms with Crippen molar-refractivity contribution >= 4 is 73.7 Å². The van der Waals surface area contributed by atoms with Crippen LogP contribution in [0, 0.1) is 6.92 Å². The lowest BCUT2D eigenvalue weighted by atomic mass is 10.2. The van der Waals surface area contributed by atoms with Gasteiger partial charge in [0.1, 0.15) is 0 Å². The Kier molecular flexibility index (Phi) is 8.91. The molecule has 2 amide bonds. The van der Waals surface area contributed by atoms with Gasteiger partial charge in [0, 0.05) is 10.7 Å². The number of anilines is 1. The highest BCUT2D eigenvalue weighted by Crippen LogP contribution is 2.39. The number of rotatable bonds is 8. The Morgan fingerprint density at radius 1 is 1.16 bits per heavy atom. The average Bonchev–Trinajstić information content (AvgIpc) is 3.20. The van der Waals surface area contributed by atoms with Crippen molar-refractivity contribution in [1.29, 1.82) is 0 Å². The van der Waals surface area contributed by atoms with Gasteiger partial charge in [-0.25, -0.2) is 4.99 Å². The van der Waals surface area contributed by atoms with Gasteiger partial charge in [-0.05, 0) is 95.1 Å². The SMILES string of the molecule is CCOc1cc(/C=C2/SC(=Nc3cccc(Cl)c3C)NC2=O)cc(Br)c1OCC(=O)Nc1ccccc1. The molecular weight excluding hydrogens is 578 g/mol. The quantitative estimate of drug-likeness (QED) is 0.280. The van der Waals surface area contributed by atoms with Crippen molar-refractivity contribution in [3.8, 4) is 11.5 Å². The Morgan fingerprint density at radius 2 is 1.95 bits per heavy atom. The lowest BCUT2D eigenvalue weighted by molar-refractivity contribution is -0.118. The number of ether oxygens (including phenoxy) is 2. The summed E-state index contributed by atoms with van der Waals surface area (Å²) >= 11 is 10.9. The van der Waals surface area contributed by atoms with Crippen LogP contribution in [0.25, 0.3) is 6.08 Å². The summed E-state index contributed by atoms with van der Waals surface area (Å²) in [5, 5.41) is 6.65. The van der Waals surface area contributed by atoms with Gasteiger partial charge in [-0.3, -0.25) is 9.59 Å². The van der Waals surface area contributed by atoms with Crippen molar-refractivity contribution in [2.24, 2.45) is 4.99 Å². The van der Waals surface area contributed by atoms with Gasteiger partial charge in [-0.15, -0.1) is 0 Å². The minimum Gasteiger partial charge on any atom is -0.490 e. The van der Waals surface area contributed by atoms with Gasteiger partial charge < -0.3 is 20.1 Å². The van der Waals surface area contributed by atoms with E-state index in [1.54, 1.807) is 36.4 Å². The monoisotopic (exact) mass is 599 g/mol. The second-order valence-electron chi connectivity index (χ2n) is 7.83. The molecule has 1 saturated heterocycles. The summed E-state index contributed by atoms with van der Waals surface area (Å²) in [6, 6.07) is 18.1. The molecule has 37 heavy (non-hydrogen) atoms. The minimum absolute atomic E-state index is 0.199. The molecule has 0 unspecified atom stereocenters. The summed E-state index contributed by atoms with van der Waals surface area (Å²) in [5.74, 6) is 0.292. The highest BCUT2D eigenvalue weighted by molar-refractivity contribution is 9.10. The summed E-state index contributed by atoms with van der Waals surface area (Å²) in [5.41, 5.74) is 2.93. The zero-order valence-corrected chi connectivity index (χ0v) is 23.2. The highest BCUT2D eigenvalue weighted by atomic mass is 79.9. The highest BCUT2D eigenvalue weighted by Gasteiger charge is 2.24. The van der Waals surface area contributed by atoms with E-state index in [-0.39, 0.29) is 18.4 Å². The number of thioether (sulfide) groups is 1. The Morgan fingerprint density at radius 3 is 2.70 bits per heavy atom. The van der Waals surface area contributed by atoms with E-state index < -0.39 is 0 Å². The van der Waals surface area contributed by atoms with Crippen molar-refractivity contribution in [1.82, 2.24) is 5.32 Å². The zero-order chi connectivity index (χ0) is 26.4. The molecule has 0 aliphatic carbocycles. The summed E-state index contributed by atoms with van der Waals surface area (Å²) < 4.78 is 12.1. The van der Waals surface area contributed by atoms with Crippen molar-refractivity contribution in [3.63, 3.8) is 0 Å². The topological polar surface area (TPSA) is 89.0 Å². The summed E-state index contributed by atoms with van der Waals surface area (Å²) in [6.07, 6.45) is 1.74. The number of amidine groups is 1. The number of hydrogen-bond donors (Lipinski definition) is 2. The third kappa shape index (κ3) is 6.94. The number of nitrogens with zero attached hydrogens (tertiary/aromatic N) is 1. The molecule has 10 heteroatoms. The number of carbonyl (C=O) groups excluding carboxylic acids is 2. The lowest BCUT2D eigenvalue weighted by Crippen LogP contribution is -2.20. The Labute approximate surface area is 232 Å². The van der Waals surface area contributed by atoms with Crippen LogP contribution in [0.5, 0.6) is 11.5 Å². The molecule has 1 heterocycles. The first-order chi connectivity index (χ1) is 17.8. The van der Waals surface area contributed by atoms with E-state index in [1.807, 2.05) is 44.2 Å². The molecule has 2 N–H and O–H groups in total. The molecular formula is C27H23BrClN3O4S. The third-order valence-corrected chi connectivity index (χ3v) is 7.05. The van der Waals surface area contributed by atoms with Crippen LogP contribution < -0.4 is 20.1 Å². The molecule has 1 aliphatic rings. The van der Waals surface area contributed by atoms with E-state index in [2.05, 4.69) is 31.6 Å². The van der Waals surface area contributed by atoms with E-state index in [9.17, 15) is 9.59 Å². The van der Waals surface area contributed by atoms with Crippen LogP contribution in [-0.2, 0) is 9.59 Å². The minimum atomic E-state index is -0.299. The molecule has 0 aromatic heterocycles. The maximum Gasteiger partial charge on any atom is 0.264 e. The second kappa shape index (κ2) is 12.3. The predicted molar refractivity (Wildman–Crippen MR) is 153 cm³/mol. The first-order valence-corrected chi connectivity index (χ1v) is 13.3. The van der Waals surface area contributed by atoms with Crippen LogP contribution in [0.15, 0.2) is 75.0 Å². The standard InChI is InChI=1S/C27H23BrClN3O4S/c1-3-35-22-13-17(12-19(28)25(22)36-15-24(33)30-18-8-5-4-6-9-18)14-23-26(34)32-27(37-23)31-21-11-7-10-20(29)16(21)2/h4-14H,3,15H2,1-2H3,(H,30,33)(H,31,32,34)/b23-14+. The number of amides is 2. The number of halogens is 2. The predicted octanol–water partition coefficient (Wildman–Crippen LogP) is 6.72. The van der Waals surface area contributed by atoms with Crippen molar-refractivity contribution in [2.75, 3.05) is 18.5 Å². The molecule has 0 bridgehead atoms. The zero-order valence-electron chi connectivity index (χ0n) is 20.0. The number of nitrogens with one attached hydrogen (secondary N) is 2. The van der Waals surface area contributed by atoms with E-state index in [0.29, 0.717) is 54.6 Å². The van der Waals surface area contributed by atoms with Gasteiger partial charge in [0.2, 0.25) is 0 Å². The molecule has 0 radical (unpaired) electrons. The van der Waals surface area contributed by atoms with Crippen LogP contribution in [0.4, 0.5) is 11.4 Å². The normalized spacial score (nSPS) is 15.1. The lowest BCUT2D eigenvalue weighted by Gasteiger charge is -2.15. The first kappa shape index (κ1) is 26.8. The van der Waals surface area contributed by atoms with Crippen molar-refractivity contribution in [3.05, 3.63) is 86.2 Å². The van der Waals surface area contributed by atoms with Crippen LogP contribution in [0.1, 0.15) is 18.1 Å².